The summed E-state index contributed by atoms with van der Waals surface area (Å²) in [5.74, 6) is -1.46. The number of nitrogens with one attached hydrogen (secondary N) is 2. The molecule has 1 fully saturated rings. The summed E-state index contributed by atoms with van der Waals surface area (Å²) in [6.07, 6.45) is 2.85. The van der Waals surface area contributed by atoms with E-state index < -0.39 is 12.0 Å². The topological polar surface area (TPSA) is 78.4 Å². The van der Waals surface area contributed by atoms with Crippen molar-refractivity contribution in [2.75, 3.05) is 0 Å². The Hall–Kier alpha value is -2.89. The van der Waals surface area contributed by atoms with Gasteiger partial charge < -0.3 is 15.7 Å². The standard InChI is InChI=1S/C22H25FN2O3/c23-19-9-5-4-8-18(19)20(14-15-6-2-1-3-7-15)25-22(28)24-17-12-10-16(11-13-17)21(26)27/h1-9,16-17,20H,10-14H2,(H,26,27)(H2,24,25,28). The van der Waals surface area contributed by atoms with Crippen molar-refractivity contribution >= 4 is 12.0 Å². The third-order valence-corrected chi connectivity index (χ3v) is 5.28. The highest BCUT2D eigenvalue weighted by Crippen LogP contribution is 2.25. The average molecular weight is 384 g/mol. The normalized spacial score (nSPS) is 20.2. The van der Waals surface area contributed by atoms with Gasteiger partial charge in [-0.2, -0.15) is 0 Å². The van der Waals surface area contributed by atoms with Crippen molar-refractivity contribution < 1.29 is 19.1 Å². The molecule has 148 valence electrons. The van der Waals surface area contributed by atoms with Gasteiger partial charge in [0.2, 0.25) is 0 Å². The molecule has 0 radical (unpaired) electrons. The summed E-state index contributed by atoms with van der Waals surface area (Å²) in [5, 5.41) is 14.9. The van der Waals surface area contributed by atoms with Crippen LogP contribution in [0, 0.1) is 11.7 Å². The Morgan fingerprint density at radius 2 is 1.64 bits per heavy atom. The zero-order valence-corrected chi connectivity index (χ0v) is 15.6. The molecule has 0 aromatic heterocycles. The minimum absolute atomic E-state index is 0.0615. The molecule has 1 atom stereocenters. The molecule has 1 unspecified atom stereocenters. The molecular formula is C22H25FN2O3. The minimum atomic E-state index is -0.773. The fourth-order valence-corrected chi connectivity index (χ4v) is 3.72. The van der Waals surface area contributed by atoms with E-state index in [-0.39, 0.29) is 23.8 Å². The molecule has 2 aromatic rings. The second-order valence-electron chi connectivity index (χ2n) is 7.27. The number of benzene rings is 2. The summed E-state index contributed by atoms with van der Waals surface area (Å²) >= 11 is 0. The van der Waals surface area contributed by atoms with E-state index in [0.717, 1.165) is 5.56 Å². The summed E-state index contributed by atoms with van der Waals surface area (Å²) in [6.45, 7) is 0. The Morgan fingerprint density at radius 3 is 2.29 bits per heavy atom. The number of carboxylic acid groups (broad SMARTS) is 1. The first kappa shape index (κ1) is 19.9. The highest BCUT2D eigenvalue weighted by Gasteiger charge is 2.27. The molecule has 0 saturated heterocycles. The van der Waals surface area contributed by atoms with Gasteiger partial charge in [0.05, 0.1) is 12.0 Å². The van der Waals surface area contributed by atoms with E-state index in [1.165, 1.54) is 6.07 Å². The van der Waals surface area contributed by atoms with Crippen molar-refractivity contribution in [3.63, 3.8) is 0 Å². The Bertz CT molecular complexity index is 804. The number of hydrogen-bond donors (Lipinski definition) is 3. The molecule has 3 rings (SSSR count). The van der Waals surface area contributed by atoms with Gasteiger partial charge in [0.1, 0.15) is 5.82 Å². The molecule has 28 heavy (non-hydrogen) atoms. The Balaban J connectivity index is 1.65. The molecule has 0 aliphatic heterocycles. The molecule has 2 aromatic carbocycles. The van der Waals surface area contributed by atoms with Crippen molar-refractivity contribution in [3.8, 4) is 0 Å². The number of carboxylic acids is 1. The summed E-state index contributed by atoms with van der Waals surface area (Å²) in [7, 11) is 0. The number of rotatable bonds is 6. The molecule has 0 spiro atoms. The number of carbonyl (C=O) groups excluding carboxylic acids is 1. The highest BCUT2D eigenvalue weighted by atomic mass is 19.1. The van der Waals surface area contributed by atoms with Gasteiger partial charge in [-0.25, -0.2) is 9.18 Å². The van der Waals surface area contributed by atoms with Crippen LogP contribution in [-0.2, 0) is 11.2 Å². The van der Waals surface area contributed by atoms with E-state index in [0.29, 0.717) is 37.7 Å². The average Bonchev–Trinajstić information content (AvgIpc) is 2.69. The Morgan fingerprint density at radius 1 is 1.00 bits per heavy atom. The Labute approximate surface area is 164 Å². The lowest BCUT2D eigenvalue weighted by Crippen LogP contribution is -2.45. The van der Waals surface area contributed by atoms with E-state index in [4.69, 9.17) is 5.11 Å². The first-order valence-electron chi connectivity index (χ1n) is 9.61. The number of carbonyl (C=O) groups is 2. The molecule has 6 heteroatoms. The van der Waals surface area contributed by atoms with Gasteiger partial charge in [0.15, 0.2) is 0 Å². The van der Waals surface area contributed by atoms with Gasteiger partial charge in [-0.15, -0.1) is 0 Å². The lowest BCUT2D eigenvalue weighted by Gasteiger charge is -2.28. The van der Waals surface area contributed by atoms with Crippen LogP contribution in [-0.4, -0.2) is 23.1 Å². The number of hydrogen-bond acceptors (Lipinski definition) is 2. The van der Waals surface area contributed by atoms with Crippen LogP contribution in [0.2, 0.25) is 0 Å². The summed E-state index contributed by atoms with van der Waals surface area (Å²) in [5.41, 5.74) is 1.44. The molecule has 0 heterocycles. The number of amides is 2. The molecule has 1 aliphatic carbocycles. The Kier molecular flexibility index (Phi) is 6.63. The van der Waals surface area contributed by atoms with Crippen molar-refractivity contribution in [2.45, 2.75) is 44.2 Å². The van der Waals surface area contributed by atoms with Gasteiger partial charge in [0.25, 0.3) is 0 Å². The fraction of sp³-hybridized carbons (Fsp3) is 0.364. The quantitative estimate of drug-likeness (QED) is 0.703. The third kappa shape index (κ3) is 5.31. The van der Waals surface area contributed by atoms with Crippen molar-refractivity contribution in [2.24, 2.45) is 5.92 Å². The van der Waals surface area contributed by atoms with Crippen LogP contribution in [0.15, 0.2) is 54.6 Å². The van der Waals surface area contributed by atoms with Crippen LogP contribution in [0.25, 0.3) is 0 Å². The monoisotopic (exact) mass is 384 g/mol. The summed E-state index contributed by atoms with van der Waals surface area (Å²) in [4.78, 5) is 23.6. The number of halogens is 1. The second-order valence-corrected chi connectivity index (χ2v) is 7.27. The van der Waals surface area contributed by atoms with E-state index in [2.05, 4.69) is 10.6 Å². The van der Waals surface area contributed by atoms with Gasteiger partial charge >= 0.3 is 12.0 Å². The van der Waals surface area contributed by atoms with E-state index in [1.54, 1.807) is 18.2 Å². The predicted molar refractivity (Wildman–Crippen MR) is 104 cm³/mol. The third-order valence-electron chi connectivity index (χ3n) is 5.28. The highest BCUT2D eigenvalue weighted by molar-refractivity contribution is 5.75. The lowest BCUT2D eigenvalue weighted by atomic mass is 9.86. The second kappa shape index (κ2) is 9.35. The molecule has 3 N–H and O–H groups in total. The molecule has 1 aliphatic rings. The van der Waals surface area contributed by atoms with Crippen LogP contribution >= 0.6 is 0 Å². The van der Waals surface area contributed by atoms with Gasteiger partial charge in [0, 0.05) is 11.6 Å². The summed E-state index contributed by atoms with van der Waals surface area (Å²) in [6, 6.07) is 15.2. The van der Waals surface area contributed by atoms with Crippen LogP contribution in [0.4, 0.5) is 9.18 Å². The first-order chi connectivity index (χ1) is 13.5. The van der Waals surface area contributed by atoms with Gasteiger partial charge in [-0.3, -0.25) is 4.79 Å². The molecular weight excluding hydrogens is 359 g/mol. The first-order valence-corrected chi connectivity index (χ1v) is 9.61. The van der Waals surface area contributed by atoms with Gasteiger partial charge in [-0.05, 0) is 43.7 Å². The van der Waals surface area contributed by atoms with E-state index in [1.807, 2.05) is 30.3 Å². The zero-order valence-electron chi connectivity index (χ0n) is 15.6. The number of urea groups is 1. The molecule has 5 nitrogen and oxygen atoms in total. The number of aliphatic carboxylic acids is 1. The SMILES string of the molecule is O=C(NC1CCC(C(=O)O)CC1)NC(Cc1ccccc1)c1ccccc1F. The van der Waals surface area contributed by atoms with Crippen LogP contribution in [0.5, 0.6) is 0 Å². The van der Waals surface area contributed by atoms with Crippen molar-refractivity contribution in [1.82, 2.24) is 10.6 Å². The maximum absolute atomic E-state index is 14.3. The smallest absolute Gasteiger partial charge is 0.315 e. The van der Waals surface area contributed by atoms with Crippen LogP contribution < -0.4 is 10.6 Å². The molecule has 2 amide bonds. The van der Waals surface area contributed by atoms with Crippen molar-refractivity contribution in [1.29, 1.82) is 0 Å². The predicted octanol–water partition coefficient (Wildman–Crippen LogP) is 4.05. The molecule has 0 bridgehead atoms. The largest absolute Gasteiger partial charge is 0.481 e. The lowest BCUT2D eigenvalue weighted by molar-refractivity contribution is -0.142. The van der Waals surface area contributed by atoms with Crippen LogP contribution in [0.1, 0.15) is 42.9 Å². The minimum Gasteiger partial charge on any atom is -0.481 e. The van der Waals surface area contributed by atoms with Gasteiger partial charge in [-0.1, -0.05) is 48.5 Å². The molecule has 1 saturated carbocycles. The van der Waals surface area contributed by atoms with E-state index in [9.17, 15) is 14.0 Å². The van der Waals surface area contributed by atoms with Crippen LogP contribution in [0.3, 0.4) is 0 Å². The van der Waals surface area contributed by atoms with E-state index >= 15 is 0 Å². The summed E-state index contributed by atoms with van der Waals surface area (Å²) < 4.78 is 14.3. The maximum atomic E-state index is 14.3. The zero-order chi connectivity index (χ0) is 19.9. The fourth-order valence-electron chi connectivity index (χ4n) is 3.72. The maximum Gasteiger partial charge on any atom is 0.315 e. The van der Waals surface area contributed by atoms with Crippen molar-refractivity contribution in [3.05, 3.63) is 71.5 Å².